The lowest BCUT2D eigenvalue weighted by Gasteiger charge is -2.35. The first-order valence-corrected chi connectivity index (χ1v) is 8.45. The van der Waals surface area contributed by atoms with Crippen LogP contribution in [-0.2, 0) is 10.0 Å². The first-order valence-electron chi connectivity index (χ1n) is 7.01. The zero-order chi connectivity index (χ0) is 15.6. The monoisotopic (exact) mass is 318 g/mol. The van der Waals surface area contributed by atoms with Crippen molar-refractivity contribution in [3.63, 3.8) is 0 Å². The van der Waals surface area contributed by atoms with Crippen LogP contribution < -0.4 is 0 Å². The van der Waals surface area contributed by atoms with Crippen LogP contribution >= 0.6 is 0 Å². The summed E-state index contributed by atoms with van der Waals surface area (Å²) >= 11 is 0. The van der Waals surface area contributed by atoms with Crippen LogP contribution in [0.1, 0.15) is 19.8 Å². The highest BCUT2D eigenvalue weighted by molar-refractivity contribution is 7.89. The lowest BCUT2D eigenvalue weighted by Crippen LogP contribution is -2.45. The van der Waals surface area contributed by atoms with Gasteiger partial charge in [-0.3, -0.25) is 0 Å². The van der Waals surface area contributed by atoms with Crippen molar-refractivity contribution in [3.05, 3.63) is 29.8 Å². The van der Waals surface area contributed by atoms with Crippen molar-refractivity contribution < 1.29 is 17.2 Å². The molecule has 2 rings (SSSR count). The Balaban J connectivity index is 2.19. The van der Waals surface area contributed by atoms with E-state index in [1.54, 1.807) is 0 Å². The predicted octanol–water partition coefficient (Wildman–Crippen LogP) is 2.07. The van der Waals surface area contributed by atoms with Gasteiger partial charge in [-0.05, 0) is 44.6 Å². The smallest absolute Gasteiger partial charge is 0.245 e. The molecule has 1 aliphatic heterocycles. The molecule has 0 unspecified atom stereocenters. The Hall–Kier alpha value is -1.05. The summed E-state index contributed by atoms with van der Waals surface area (Å²) in [6.45, 7) is 4.66. The molecular formula is C14H20F2N2O2S. The molecule has 0 aliphatic carbocycles. The Labute approximate surface area is 124 Å². The number of halogens is 2. The summed E-state index contributed by atoms with van der Waals surface area (Å²) in [6, 6.07) is 2.39. The molecule has 0 spiro atoms. The van der Waals surface area contributed by atoms with Gasteiger partial charge < -0.3 is 4.90 Å². The number of hydrogen-bond acceptors (Lipinski definition) is 3. The normalized spacial score (nSPS) is 18.3. The number of rotatable bonds is 4. The van der Waals surface area contributed by atoms with Crippen molar-refractivity contribution in [1.29, 1.82) is 0 Å². The summed E-state index contributed by atoms with van der Waals surface area (Å²) in [7, 11) is -2.47. The van der Waals surface area contributed by atoms with E-state index in [9.17, 15) is 17.2 Å². The van der Waals surface area contributed by atoms with Gasteiger partial charge in [0.2, 0.25) is 10.0 Å². The number of nitrogens with zero attached hydrogens (tertiary/aromatic N) is 2. The van der Waals surface area contributed by atoms with Gasteiger partial charge in [0.1, 0.15) is 16.5 Å². The van der Waals surface area contributed by atoms with Crippen molar-refractivity contribution in [2.45, 2.75) is 30.7 Å². The second-order valence-electron chi connectivity index (χ2n) is 5.26. The SMILES string of the molecule is CCN1CCC(N(C)S(=O)(=O)c2ccc(F)cc2F)CC1. The van der Waals surface area contributed by atoms with E-state index in [2.05, 4.69) is 11.8 Å². The summed E-state index contributed by atoms with van der Waals surface area (Å²) in [5.41, 5.74) is 0. The lowest BCUT2D eigenvalue weighted by atomic mass is 10.1. The van der Waals surface area contributed by atoms with Gasteiger partial charge in [-0.1, -0.05) is 6.92 Å². The van der Waals surface area contributed by atoms with E-state index in [1.807, 2.05) is 0 Å². The average Bonchev–Trinajstić information content (AvgIpc) is 2.46. The molecule has 0 radical (unpaired) electrons. The number of likely N-dealkylation sites (tertiary alicyclic amines) is 1. The van der Waals surface area contributed by atoms with Gasteiger partial charge in [-0.25, -0.2) is 17.2 Å². The molecule has 0 atom stereocenters. The number of hydrogen-bond donors (Lipinski definition) is 0. The fraction of sp³-hybridized carbons (Fsp3) is 0.571. The van der Waals surface area contributed by atoms with Gasteiger partial charge in [0.15, 0.2) is 0 Å². The Kier molecular flexibility index (Phi) is 4.95. The van der Waals surface area contributed by atoms with Crippen LogP contribution in [-0.4, -0.2) is 50.3 Å². The molecule has 1 aliphatic rings. The summed E-state index contributed by atoms with van der Waals surface area (Å²) < 4.78 is 52.8. The van der Waals surface area contributed by atoms with Gasteiger partial charge in [0, 0.05) is 19.2 Å². The molecule has 7 heteroatoms. The van der Waals surface area contributed by atoms with E-state index >= 15 is 0 Å². The Bertz CT molecular complexity index is 599. The summed E-state index contributed by atoms with van der Waals surface area (Å²) in [4.78, 5) is 1.78. The third-order valence-electron chi connectivity index (χ3n) is 4.07. The molecule has 21 heavy (non-hydrogen) atoms. The molecule has 0 bridgehead atoms. The first kappa shape index (κ1) is 16.3. The maximum absolute atomic E-state index is 13.7. The second-order valence-corrected chi connectivity index (χ2v) is 7.23. The fourth-order valence-electron chi connectivity index (χ4n) is 2.63. The van der Waals surface area contributed by atoms with Crippen LogP contribution in [0.3, 0.4) is 0 Å². The molecule has 118 valence electrons. The van der Waals surface area contributed by atoms with Crippen LogP contribution in [0.5, 0.6) is 0 Å². The molecule has 0 aromatic heterocycles. The van der Waals surface area contributed by atoms with Crippen LogP contribution in [0.4, 0.5) is 8.78 Å². The largest absolute Gasteiger partial charge is 0.303 e. The van der Waals surface area contributed by atoms with Gasteiger partial charge in [-0.2, -0.15) is 4.31 Å². The van der Waals surface area contributed by atoms with E-state index in [1.165, 1.54) is 11.4 Å². The summed E-state index contributed by atoms with van der Waals surface area (Å²) in [5, 5.41) is 0. The first-order chi connectivity index (χ1) is 9.86. The Morgan fingerprint density at radius 1 is 1.29 bits per heavy atom. The standard InChI is InChI=1S/C14H20F2N2O2S/c1-3-18-8-6-12(7-9-18)17(2)21(19,20)14-5-4-11(15)10-13(14)16/h4-5,10,12H,3,6-9H2,1-2H3. The predicted molar refractivity (Wildman–Crippen MR) is 76.4 cm³/mol. The molecule has 0 saturated carbocycles. The van der Waals surface area contributed by atoms with Crippen LogP contribution in [0.25, 0.3) is 0 Å². The summed E-state index contributed by atoms with van der Waals surface area (Å²) in [6.07, 6.45) is 1.43. The van der Waals surface area contributed by atoms with Gasteiger partial charge in [0.05, 0.1) is 0 Å². The molecular weight excluding hydrogens is 298 g/mol. The molecule has 1 fully saturated rings. The third-order valence-corrected chi connectivity index (χ3v) is 6.01. The van der Waals surface area contributed by atoms with Crippen LogP contribution in [0.2, 0.25) is 0 Å². The van der Waals surface area contributed by atoms with Gasteiger partial charge >= 0.3 is 0 Å². The minimum Gasteiger partial charge on any atom is -0.303 e. The quantitative estimate of drug-likeness (QED) is 0.853. The Morgan fingerprint density at radius 2 is 1.90 bits per heavy atom. The molecule has 1 heterocycles. The molecule has 0 amide bonds. The van der Waals surface area contributed by atoms with E-state index in [4.69, 9.17) is 0 Å². The molecule has 0 N–H and O–H groups in total. The highest BCUT2D eigenvalue weighted by Gasteiger charge is 2.32. The lowest BCUT2D eigenvalue weighted by molar-refractivity contribution is 0.176. The fourth-order valence-corrected chi connectivity index (χ4v) is 4.09. The highest BCUT2D eigenvalue weighted by atomic mass is 32.2. The average molecular weight is 318 g/mol. The highest BCUT2D eigenvalue weighted by Crippen LogP contribution is 2.24. The van der Waals surface area contributed by atoms with Crippen molar-refractivity contribution in [3.8, 4) is 0 Å². The van der Waals surface area contributed by atoms with E-state index < -0.39 is 26.6 Å². The van der Waals surface area contributed by atoms with Gasteiger partial charge in [0.25, 0.3) is 0 Å². The molecule has 1 aromatic rings. The molecule has 4 nitrogen and oxygen atoms in total. The topological polar surface area (TPSA) is 40.6 Å². The van der Waals surface area contributed by atoms with Crippen molar-refractivity contribution in [1.82, 2.24) is 9.21 Å². The van der Waals surface area contributed by atoms with Crippen LogP contribution in [0, 0.1) is 11.6 Å². The second kappa shape index (κ2) is 6.37. The number of piperidine rings is 1. The van der Waals surface area contributed by atoms with E-state index in [-0.39, 0.29) is 6.04 Å². The van der Waals surface area contributed by atoms with E-state index in [0.29, 0.717) is 18.9 Å². The maximum Gasteiger partial charge on any atom is 0.245 e. The summed E-state index contributed by atoms with van der Waals surface area (Å²) in [5.74, 6) is -1.83. The number of benzene rings is 1. The Morgan fingerprint density at radius 3 is 2.43 bits per heavy atom. The maximum atomic E-state index is 13.7. The zero-order valence-corrected chi connectivity index (χ0v) is 13.0. The van der Waals surface area contributed by atoms with Crippen LogP contribution in [0.15, 0.2) is 23.1 Å². The number of sulfonamides is 1. The van der Waals surface area contributed by atoms with Crippen molar-refractivity contribution in [2.75, 3.05) is 26.7 Å². The minimum absolute atomic E-state index is 0.151. The molecule has 1 aromatic carbocycles. The van der Waals surface area contributed by atoms with Gasteiger partial charge in [-0.15, -0.1) is 0 Å². The van der Waals surface area contributed by atoms with Crippen molar-refractivity contribution in [2.24, 2.45) is 0 Å². The third kappa shape index (κ3) is 3.41. The minimum atomic E-state index is -3.94. The molecule has 1 saturated heterocycles. The van der Waals surface area contributed by atoms with E-state index in [0.717, 1.165) is 31.8 Å². The van der Waals surface area contributed by atoms with Crippen molar-refractivity contribution >= 4 is 10.0 Å². The zero-order valence-electron chi connectivity index (χ0n) is 12.2.